The van der Waals surface area contributed by atoms with E-state index in [-0.39, 0.29) is 98.2 Å². The lowest BCUT2D eigenvalue weighted by molar-refractivity contribution is -0.145. The molecule has 1 aliphatic rings. The van der Waals surface area contributed by atoms with Crippen LogP contribution in [0.25, 0.3) is 0 Å². The zero-order valence-corrected chi connectivity index (χ0v) is 38.8. The largest absolute Gasteiger partial charge is 0.483 e. The van der Waals surface area contributed by atoms with E-state index in [4.69, 9.17) is 66.4 Å². The van der Waals surface area contributed by atoms with Gasteiger partial charge in [-0.3, -0.25) is 24.0 Å². The Bertz CT molecular complexity index is 992. The molecule has 1 aliphatic heterocycles. The van der Waals surface area contributed by atoms with Crippen LogP contribution in [0.5, 0.6) is 0 Å². The summed E-state index contributed by atoms with van der Waals surface area (Å²) < 4.78 is 90.1. The van der Waals surface area contributed by atoms with E-state index in [2.05, 4.69) is 0 Å². The maximum absolute atomic E-state index is 11.9. The third-order valence-electron chi connectivity index (χ3n) is 6.85. The molecule has 0 aromatic carbocycles. The maximum atomic E-state index is 11.9. The number of rotatable bonds is 25. The standard InChI is InChI=1S/C30H60O20Si5/c1-11-26(31)36-16-21-41-51(6)46-52(7,42-22-17-37-27(32)12-2)48-54(9,44-24-19-39-29(34)14-4)50-55(10,45-25-20-40-30(35)15-5)49-53(8,47-51)43-23-18-38-28(33)13-3/h11-25H2,1-10H3. The highest BCUT2D eigenvalue weighted by Crippen LogP contribution is 2.33. The van der Waals surface area contributed by atoms with Crippen molar-refractivity contribution in [3.8, 4) is 0 Å². The molecule has 0 bridgehead atoms. The molecule has 0 atom stereocenters. The van der Waals surface area contributed by atoms with Crippen LogP contribution in [-0.2, 0) is 90.4 Å². The van der Waals surface area contributed by atoms with Gasteiger partial charge in [0.05, 0.1) is 33.0 Å². The van der Waals surface area contributed by atoms with Crippen molar-refractivity contribution < 1.29 is 90.4 Å². The van der Waals surface area contributed by atoms with Crippen molar-refractivity contribution in [2.45, 2.75) is 99.5 Å². The van der Waals surface area contributed by atoms with Crippen molar-refractivity contribution >= 4 is 73.9 Å². The summed E-state index contributed by atoms with van der Waals surface area (Å²) in [5.74, 6) is -2.26. The van der Waals surface area contributed by atoms with Crippen LogP contribution in [0, 0.1) is 0 Å². The molecule has 1 saturated heterocycles. The number of hydrogen-bond acceptors (Lipinski definition) is 20. The van der Waals surface area contributed by atoms with Crippen molar-refractivity contribution in [2.24, 2.45) is 0 Å². The SMILES string of the molecule is CCC(=O)OCCO[Si]1(C)O[Si](C)(OCCOC(=O)CC)O[Si](C)(OCCOC(=O)CC)O[Si](C)(OCCOC(=O)CC)O[Si](C)(OCCOC(=O)CC)O1. The van der Waals surface area contributed by atoms with Gasteiger partial charge in [0.2, 0.25) is 0 Å². The summed E-state index contributed by atoms with van der Waals surface area (Å²) in [6.45, 7) is 14.3. The van der Waals surface area contributed by atoms with Gasteiger partial charge in [0, 0.05) is 64.8 Å². The van der Waals surface area contributed by atoms with Gasteiger partial charge < -0.3 is 66.4 Å². The van der Waals surface area contributed by atoms with E-state index >= 15 is 0 Å². The monoisotopic (exact) mass is 880 g/mol. The van der Waals surface area contributed by atoms with Gasteiger partial charge in [0.1, 0.15) is 33.0 Å². The van der Waals surface area contributed by atoms with Gasteiger partial charge in [-0.15, -0.1) is 0 Å². The van der Waals surface area contributed by atoms with Crippen LogP contribution in [0.1, 0.15) is 66.7 Å². The molecule has 55 heavy (non-hydrogen) atoms. The third-order valence-corrected chi connectivity index (χ3v) is 25.3. The van der Waals surface area contributed by atoms with E-state index < -0.39 is 73.9 Å². The quantitative estimate of drug-likeness (QED) is 0.0556. The molecule has 0 aliphatic carbocycles. The fourth-order valence-corrected chi connectivity index (χ4v) is 25.3. The molecule has 0 saturated carbocycles. The number of ether oxygens (including phenoxy) is 5. The fourth-order valence-electron chi connectivity index (χ4n) is 4.51. The van der Waals surface area contributed by atoms with Gasteiger partial charge in [0.25, 0.3) is 0 Å². The van der Waals surface area contributed by atoms with E-state index in [0.29, 0.717) is 0 Å². The maximum Gasteiger partial charge on any atom is 0.483 e. The molecule has 1 fully saturated rings. The molecule has 0 N–H and O–H groups in total. The van der Waals surface area contributed by atoms with Gasteiger partial charge >= 0.3 is 73.9 Å². The molecule has 1 rings (SSSR count). The zero-order valence-electron chi connectivity index (χ0n) is 33.8. The summed E-state index contributed by atoms with van der Waals surface area (Å²) in [5.41, 5.74) is 0. The lowest BCUT2D eigenvalue weighted by Crippen LogP contribution is -2.70. The highest BCUT2D eigenvalue weighted by Gasteiger charge is 2.63. The van der Waals surface area contributed by atoms with Crippen molar-refractivity contribution in [3.05, 3.63) is 0 Å². The number of carbonyl (C=O) groups excluding carboxylic acids is 5. The third kappa shape index (κ3) is 21.4. The minimum atomic E-state index is -4.09. The van der Waals surface area contributed by atoms with Crippen molar-refractivity contribution in [1.29, 1.82) is 0 Å². The van der Waals surface area contributed by atoms with Crippen LogP contribution in [-0.4, -0.2) is 140 Å². The van der Waals surface area contributed by atoms with Gasteiger partial charge in [-0.2, -0.15) is 0 Å². The van der Waals surface area contributed by atoms with E-state index in [9.17, 15) is 24.0 Å². The first kappa shape index (κ1) is 51.1. The van der Waals surface area contributed by atoms with Crippen molar-refractivity contribution in [1.82, 2.24) is 0 Å². The summed E-state index contributed by atoms with van der Waals surface area (Å²) in [5, 5.41) is 0. The van der Waals surface area contributed by atoms with Gasteiger partial charge in [-0.25, -0.2) is 0 Å². The Kier molecular flexibility index (Phi) is 23.6. The average molecular weight is 881 g/mol. The molecule has 320 valence electrons. The predicted octanol–water partition coefficient (Wildman–Crippen LogP) is 2.78. The Labute approximate surface area is 329 Å². The molecule has 0 aromatic rings. The van der Waals surface area contributed by atoms with Crippen LogP contribution in [0.3, 0.4) is 0 Å². The van der Waals surface area contributed by atoms with E-state index in [0.717, 1.165) is 0 Å². The molecule has 0 amide bonds. The lowest BCUT2D eigenvalue weighted by Gasteiger charge is -2.46. The number of hydrogen-bond donors (Lipinski definition) is 0. The molecule has 0 aromatic heterocycles. The van der Waals surface area contributed by atoms with Crippen molar-refractivity contribution in [2.75, 3.05) is 66.1 Å². The molecule has 20 nitrogen and oxygen atoms in total. The summed E-state index contributed by atoms with van der Waals surface area (Å²) in [6.07, 6.45) is 0.734. The normalized spacial score (nSPS) is 27.1. The second kappa shape index (κ2) is 25.4. The van der Waals surface area contributed by atoms with E-state index in [1.807, 2.05) is 0 Å². The molecule has 0 radical (unpaired) electrons. The summed E-state index contributed by atoms with van der Waals surface area (Å²) >= 11 is 0. The first-order valence-electron chi connectivity index (χ1n) is 18.3. The first-order chi connectivity index (χ1) is 25.8. The predicted molar refractivity (Wildman–Crippen MR) is 200 cm³/mol. The zero-order chi connectivity index (χ0) is 41.6. The second-order valence-electron chi connectivity index (χ2n) is 11.9. The van der Waals surface area contributed by atoms with Crippen LogP contribution >= 0.6 is 0 Å². The Hall–Kier alpha value is -1.97. The van der Waals surface area contributed by atoms with Gasteiger partial charge in [-0.05, 0) is 0 Å². The lowest BCUT2D eigenvalue weighted by atomic mass is 10.5. The van der Waals surface area contributed by atoms with Crippen LogP contribution in [0.2, 0.25) is 32.7 Å². The Morgan fingerprint density at radius 3 is 0.582 bits per heavy atom. The molecule has 1 heterocycles. The Morgan fingerprint density at radius 2 is 0.455 bits per heavy atom. The fraction of sp³-hybridized carbons (Fsp3) is 0.833. The Morgan fingerprint density at radius 1 is 0.309 bits per heavy atom. The highest BCUT2D eigenvalue weighted by atomic mass is 28.6. The Balaban J connectivity index is 3.76. The molecular formula is C30H60O20Si5. The highest BCUT2D eigenvalue weighted by molar-refractivity contribution is 6.88. The molecular weight excluding hydrogens is 821 g/mol. The topological polar surface area (TPSA) is 224 Å². The summed E-state index contributed by atoms with van der Waals surface area (Å²) in [6, 6.07) is 0. The minimum absolute atomic E-state index is 0.147. The van der Waals surface area contributed by atoms with Crippen molar-refractivity contribution in [3.63, 3.8) is 0 Å². The molecule has 0 unspecified atom stereocenters. The number of esters is 5. The molecule has 0 spiro atoms. The van der Waals surface area contributed by atoms with E-state index in [1.54, 1.807) is 34.6 Å². The van der Waals surface area contributed by atoms with Crippen LogP contribution < -0.4 is 0 Å². The first-order valence-corrected chi connectivity index (χ1v) is 29.4. The van der Waals surface area contributed by atoms with Gasteiger partial charge in [0.15, 0.2) is 0 Å². The smallest absolute Gasteiger partial charge is 0.463 e. The van der Waals surface area contributed by atoms with Crippen LogP contribution in [0.4, 0.5) is 0 Å². The van der Waals surface area contributed by atoms with Gasteiger partial charge in [-0.1, -0.05) is 34.6 Å². The van der Waals surface area contributed by atoms with Crippen LogP contribution in [0.15, 0.2) is 0 Å². The second-order valence-corrected chi connectivity index (χ2v) is 26.1. The summed E-state index contributed by atoms with van der Waals surface area (Å²) in [7, 11) is -20.4. The van der Waals surface area contributed by atoms with E-state index in [1.165, 1.54) is 32.7 Å². The summed E-state index contributed by atoms with van der Waals surface area (Å²) in [4.78, 5) is 59.4. The molecule has 25 heteroatoms. The average Bonchev–Trinajstić information content (AvgIpc) is 3.12. The minimum Gasteiger partial charge on any atom is -0.463 e. The number of carbonyl (C=O) groups is 5.